The van der Waals surface area contributed by atoms with E-state index in [2.05, 4.69) is 21.5 Å². The van der Waals surface area contributed by atoms with Crippen LogP contribution in [0, 0.1) is 12.3 Å². The van der Waals surface area contributed by atoms with E-state index in [1.165, 1.54) is 36.9 Å². The second-order valence-corrected chi connectivity index (χ2v) is 13.1. The van der Waals surface area contributed by atoms with Gasteiger partial charge in [0.05, 0.1) is 16.4 Å². The second kappa shape index (κ2) is 9.48. The first-order chi connectivity index (χ1) is 18.7. The van der Waals surface area contributed by atoms with Gasteiger partial charge in [-0.1, -0.05) is 24.1 Å². The van der Waals surface area contributed by atoms with Crippen molar-refractivity contribution in [1.82, 2.24) is 15.2 Å². The fourth-order valence-corrected chi connectivity index (χ4v) is 6.26. The lowest BCUT2D eigenvalue weighted by Gasteiger charge is -2.30. The Hall–Kier alpha value is -4.17. The van der Waals surface area contributed by atoms with Gasteiger partial charge in [0.25, 0.3) is 5.91 Å². The molecule has 0 aliphatic carbocycles. The summed E-state index contributed by atoms with van der Waals surface area (Å²) in [6.45, 7) is 2.60. The maximum absolute atomic E-state index is 14.9. The molecule has 40 heavy (non-hydrogen) atoms. The maximum atomic E-state index is 14.9. The summed E-state index contributed by atoms with van der Waals surface area (Å²) in [5.41, 5.74) is -0.869. The zero-order valence-electron chi connectivity index (χ0n) is 22.2. The minimum atomic E-state index is -3.46. The molecular weight excluding hydrogens is 535 g/mol. The molecule has 0 bridgehead atoms. The number of halogens is 1. The van der Waals surface area contributed by atoms with Gasteiger partial charge in [-0.3, -0.25) is 14.4 Å². The lowest BCUT2D eigenvalue weighted by Crippen LogP contribution is -2.52. The van der Waals surface area contributed by atoms with Crippen molar-refractivity contribution >= 4 is 44.1 Å². The van der Waals surface area contributed by atoms with Crippen molar-refractivity contribution in [3.8, 4) is 12.3 Å². The first-order valence-corrected chi connectivity index (χ1v) is 14.6. The number of likely N-dealkylation sites (tertiary alicyclic amines) is 1. The van der Waals surface area contributed by atoms with Gasteiger partial charge in [-0.25, -0.2) is 12.8 Å². The molecule has 9 nitrogen and oxygen atoms in total. The van der Waals surface area contributed by atoms with Crippen LogP contribution in [0.15, 0.2) is 53.4 Å². The van der Waals surface area contributed by atoms with Crippen LogP contribution in [0.1, 0.15) is 42.7 Å². The number of nitrogens with one attached hydrogen (secondary N) is 3. The normalized spacial score (nSPS) is 21.2. The first-order valence-electron chi connectivity index (χ1n) is 12.7. The summed E-state index contributed by atoms with van der Waals surface area (Å²) in [4.78, 5) is 44.7. The number of anilines is 1. The highest BCUT2D eigenvalue weighted by Crippen LogP contribution is 2.46. The highest BCUT2D eigenvalue weighted by Gasteiger charge is 2.56. The predicted octanol–water partition coefficient (Wildman–Crippen LogP) is 2.93. The highest BCUT2D eigenvalue weighted by atomic mass is 32.2. The van der Waals surface area contributed by atoms with Crippen LogP contribution < -0.4 is 10.6 Å². The number of carbonyl (C=O) groups excluding carboxylic acids is 3. The number of hydrogen-bond acceptors (Lipinski definition) is 5. The number of sulfone groups is 1. The molecule has 1 aromatic heterocycles. The number of hydrogen-bond donors (Lipinski definition) is 3. The van der Waals surface area contributed by atoms with E-state index < -0.39 is 44.8 Å². The maximum Gasteiger partial charge on any atom is 0.268 e. The number of aromatic amines is 1. The molecule has 0 unspecified atom stereocenters. The molecule has 0 saturated carbocycles. The fraction of sp³-hybridized carbons (Fsp3) is 0.345. The summed E-state index contributed by atoms with van der Waals surface area (Å²) in [6, 6.07) is 11.1. The average molecular weight is 565 g/mol. The summed E-state index contributed by atoms with van der Waals surface area (Å²) < 4.78 is 38.8. The van der Waals surface area contributed by atoms with Gasteiger partial charge in [-0.2, -0.15) is 0 Å². The van der Waals surface area contributed by atoms with E-state index in [1.807, 2.05) is 12.1 Å². The van der Waals surface area contributed by atoms with Crippen molar-refractivity contribution in [2.24, 2.45) is 0 Å². The summed E-state index contributed by atoms with van der Waals surface area (Å²) in [6.07, 6.45) is 6.75. The van der Waals surface area contributed by atoms with E-state index in [0.717, 1.165) is 11.8 Å². The smallest absolute Gasteiger partial charge is 0.268 e. The van der Waals surface area contributed by atoms with Gasteiger partial charge in [0.1, 0.15) is 17.4 Å². The van der Waals surface area contributed by atoms with Crippen molar-refractivity contribution in [1.29, 1.82) is 0 Å². The third-order valence-electron chi connectivity index (χ3n) is 7.52. The van der Waals surface area contributed by atoms with Gasteiger partial charge in [0.2, 0.25) is 11.8 Å². The van der Waals surface area contributed by atoms with Gasteiger partial charge >= 0.3 is 0 Å². The van der Waals surface area contributed by atoms with Crippen LogP contribution in [0.3, 0.4) is 0 Å². The molecule has 11 heteroatoms. The number of nitrogens with zero attached hydrogens (tertiary/aromatic N) is 1. The number of amides is 3. The quantitative estimate of drug-likeness (QED) is 0.397. The Morgan fingerprint density at radius 2 is 1.98 bits per heavy atom. The van der Waals surface area contributed by atoms with E-state index in [9.17, 15) is 27.2 Å². The van der Waals surface area contributed by atoms with E-state index in [4.69, 9.17) is 6.42 Å². The van der Waals surface area contributed by atoms with Crippen LogP contribution in [0.5, 0.6) is 0 Å². The highest BCUT2D eigenvalue weighted by molar-refractivity contribution is 7.90. The molecule has 3 atom stereocenters. The minimum Gasteiger partial charge on any atom is -0.351 e. The lowest BCUT2D eigenvalue weighted by atomic mass is 9.79. The molecule has 3 amide bonds. The molecule has 0 radical (unpaired) electrons. The Balaban J connectivity index is 1.44. The molecule has 2 aliphatic heterocycles. The summed E-state index contributed by atoms with van der Waals surface area (Å²) >= 11 is 0. The van der Waals surface area contributed by atoms with Crippen molar-refractivity contribution in [3.63, 3.8) is 0 Å². The van der Waals surface area contributed by atoms with E-state index >= 15 is 0 Å². The Morgan fingerprint density at radius 3 is 2.65 bits per heavy atom. The van der Waals surface area contributed by atoms with Crippen LogP contribution in [-0.4, -0.2) is 66.6 Å². The molecule has 208 valence electrons. The molecule has 2 aromatic carbocycles. The molecule has 3 N–H and O–H groups in total. The van der Waals surface area contributed by atoms with Gasteiger partial charge in [-0.05, 0) is 56.2 Å². The monoisotopic (exact) mass is 564 g/mol. The summed E-state index contributed by atoms with van der Waals surface area (Å²) in [5.74, 6) is 1.07. The van der Waals surface area contributed by atoms with Crippen molar-refractivity contribution < 1.29 is 27.2 Å². The number of H-pyrrole nitrogens is 1. The molecule has 3 aromatic rings. The summed E-state index contributed by atoms with van der Waals surface area (Å²) in [7, 11) is -3.46. The molecule has 1 spiro atoms. The number of alkyl halides is 1. The largest absolute Gasteiger partial charge is 0.351 e. The molecule has 5 rings (SSSR count). The van der Waals surface area contributed by atoms with Crippen LogP contribution in [0.2, 0.25) is 0 Å². The third-order valence-corrected chi connectivity index (χ3v) is 8.63. The minimum absolute atomic E-state index is 0.0106. The molecule has 2 aliphatic rings. The van der Waals surface area contributed by atoms with E-state index in [0.29, 0.717) is 16.6 Å². The van der Waals surface area contributed by atoms with Crippen LogP contribution in [0.25, 0.3) is 10.9 Å². The Bertz CT molecular complexity index is 1700. The molecular formula is C29H29FN4O5S. The summed E-state index contributed by atoms with van der Waals surface area (Å²) in [5, 5.41) is 5.99. The van der Waals surface area contributed by atoms with Crippen LogP contribution in [-0.2, 0) is 24.8 Å². The average Bonchev–Trinajstić information content (AvgIpc) is 3.56. The number of terminal acetylenes is 1. The van der Waals surface area contributed by atoms with E-state index in [1.54, 1.807) is 18.2 Å². The third kappa shape index (κ3) is 4.84. The molecule has 3 heterocycles. The molecule has 1 saturated heterocycles. The predicted molar refractivity (Wildman–Crippen MR) is 148 cm³/mol. The Kier molecular flexibility index (Phi) is 6.50. The zero-order valence-corrected chi connectivity index (χ0v) is 23.1. The number of fused-ring (bicyclic) bond motifs is 3. The molecule has 1 fully saturated rings. The number of para-hydroxylation sites is 1. The van der Waals surface area contributed by atoms with Crippen LogP contribution in [0.4, 0.5) is 10.1 Å². The second-order valence-electron chi connectivity index (χ2n) is 11.1. The zero-order chi connectivity index (χ0) is 29.0. The van der Waals surface area contributed by atoms with Crippen molar-refractivity contribution in [3.05, 3.63) is 59.8 Å². The number of rotatable bonds is 6. The topological polar surface area (TPSA) is 128 Å². The Morgan fingerprint density at radius 1 is 1.25 bits per heavy atom. The first kappa shape index (κ1) is 27.4. The fourth-order valence-electron chi connectivity index (χ4n) is 5.60. The van der Waals surface area contributed by atoms with Gasteiger partial charge in [-0.15, -0.1) is 6.42 Å². The van der Waals surface area contributed by atoms with Crippen molar-refractivity contribution in [2.75, 3.05) is 18.1 Å². The van der Waals surface area contributed by atoms with Crippen molar-refractivity contribution in [2.45, 2.75) is 54.8 Å². The van der Waals surface area contributed by atoms with Gasteiger partial charge < -0.3 is 20.5 Å². The van der Waals surface area contributed by atoms with Crippen LogP contribution >= 0.6 is 0 Å². The number of aromatic nitrogens is 1. The van der Waals surface area contributed by atoms with Gasteiger partial charge in [0.15, 0.2) is 9.84 Å². The number of carbonyl (C=O) groups is 3. The van der Waals surface area contributed by atoms with Gasteiger partial charge in [0, 0.05) is 35.8 Å². The SMILES string of the molecule is C#C[C@@H]1C[C@@]2(CN1C(=O)[C@H](CC(C)(C)F)NC(=O)c1cc3cc(S(C)(=O)=O)ccc3[nH]1)C(=O)Nc1ccccc12. The van der Waals surface area contributed by atoms with E-state index in [-0.39, 0.29) is 35.9 Å². The lowest BCUT2D eigenvalue weighted by molar-refractivity contribution is -0.134. The standard InChI is InChI=1S/C29H29FN4O5S/c1-5-18-14-29(20-8-6-7-9-22(20)33-27(29)37)16-34(18)26(36)24(15-28(2,3)30)32-25(35)23-13-17-12-19(40(4,38)39)10-11-21(17)31-23/h1,6-13,18,24,31H,14-16H2,2-4H3,(H,32,35)(H,33,37)/t18-,24+,29+/m1/s1. The number of benzene rings is 2. The Labute approximate surface area is 231 Å².